The summed E-state index contributed by atoms with van der Waals surface area (Å²) in [6, 6.07) is 20.2. The van der Waals surface area contributed by atoms with Crippen molar-refractivity contribution >= 4 is 23.3 Å². The quantitative estimate of drug-likeness (QED) is 0.600. The molecule has 0 atom stereocenters. The summed E-state index contributed by atoms with van der Waals surface area (Å²) >= 11 is 0. The Balaban J connectivity index is 1.40. The number of carbonyl (C=O) groups excluding carboxylic acids is 2. The number of nitrogens with one attached hydrogen (secondary N) is 1. The first kappa shape index (κ1) is 21.4. The molecular weight excluding hydrogens is 409 g/mol. The molecule has 3 amide bonds. The van der Waals surface area contributed by atoms with Gasteiger partial charge in [0.1, 0.15) is 11.6 Å². The first-order chi connectivity index (χ1) is 15.5. The highest BCUT2D eigenvalue weighted by Gasteiger charge is 2.26. The molecule has 6 nitrogen and oxygen atoms in total. The van der Waals surface area contributed by atoms with Gasteiger partial charge in [-0.15, -0.1) is 0 Å². The third kappa shape index (κ3) is 4.88. The minimum Gasteiger partial charge on any atom is -0.497 e. The lowest BCUT2D eigenvalue weighted by Gasteiger charge is -2.35. The minimum atomic E-state index is -0.292. The highest BCUT2D eigenvalue weighted by molar-refractivity contribution is 6.04. The number of urea groups is 1. The fourth-order valence-corrected chi connectivity index (χ4v) is 3.65. The minimum absolute atomic E-state index is 0.0874. The number of rotatable bonds is 6. The van der Waals surface area contributed by atoms with Gasteiger partial charge in [-0.1, -0.05) is 12.1 Å². The Morgan fingerprint density at radius 2 is 1.66 bits per heavy atom. The number of anilines is 2. The first-order valence-corrected chi connectivity index (χ1v) is 10.4. The molecule has 0 aromatic heterocycles. The lowest BCUT2D eigenvalue weighted by atomic mass is 10.1. The van der Waals surface area contributed by atoms with E-state index in [-0.39, 0.29) is 17.8 Å². The maximum absolute atomic E-state index is 13.1. The average Bonchev–Trinajstić information content (AvgIpc) is 2.82. The number of amides is 3. The van der Waals surface area contributed by atoms with Gasteiger partial charge in [0.05, 0.1) is 7.11 Å². The summed E-state index contributed by atoms with van der Waals surface area (Å²) in [7, 11) is 1.58. The van der Waals surface area contributed by atoms with Crippen molar-refractivity contribution < 1.29 is 18.7 Å². The Labute approximate surface area is 186 Å². The van der Waals surface area contributed by atoms with Gasteiger partial charge in [-0.05, 0) is 72.6 Å². The van der Waals surface area contributed by atoms with E-state index in [0.717, 1.165) is 17.7 Å². The van der Waals surface area contributed by atoms with E-state index in [0.29, 0.717) is 36.6 Å². The van der Waals surface area contributed by atoms with Gasteiger partial charge in [-0.2, -0.15) is 0 Å². The highest BCUT2D eigenvalue weighted by Crippen LogP contribution is 2.24. The number of benzene rings is 3. The van der Waals surface area contributed by atoms with Crippen LogP contribution in [-0.2, 0) is 6.54 Å². The van der Waals surface area contributed by atoms with Crippen molar-refractivity contribution in [2.45, 2.75) is 13.0 Å². The molecule has 1 aliphatic rings. The zero-order valence-corrected chi connectivity index (χ0v) is 17.8. The van der Waals surface area contributed by atoms with Crippen molar-refractivity contribution in [2.75, 3.05) is 30.4 Å². The molecular formula is C25H24FN3O3. The van der Waals surface area contributed by atoms with E-state index in [1.807, 2.05) is 12.1 Å². The number of nitrogens with zero attached hydrogens (tertiary/aromatic N) is 2. The van der Waals surface area contributed by atoms with Crippen LogP contribution in [0.2, 0.25) is 0 Å². The van der Waals surface area contributed by atoms with Crippen LogP contribution < -0.4 is 15.0 Å². The summed E-state index contributed by atoms with van der Waals surface area (Å²) in [5, 5.41) is 2.86. The maximum Gasteiger partial charge on any atom is 0.324 e. The summed E-state index contributed by atoms with van der Waals surface area (Å²) < 4.78 is 18.3. The highest BCUT2D eigenvalue weighted by atomic mass is 19.1. The molecule has 7 heteroatoms. The van der Waals surface area contributed by atoms with Gasteiger partial charge in [0.15, 0.2) is 0 Å². The van der Waals surface area contributed by atoms with Crippen LogP contribution in [0, 0.1) is 5.82 Å². The molecule has 1 heterocycles. The second-order valence-corrected chi connectivity index (χ2v) is 7.57. The molecule has 1 N–H and O–H groups in total. The second-order valence-electron chi connectivity index (χ2n) is 7.57. The number of carbonyl (C=O) groups is 2. The van der Waals surface area contributed by atoms with E-state index in [9.17, 15) is 14.0 Å². The zero-order chi connectivity index (χ0) is 22.5. The molecule has 3 aromatic carbocycles. The van der Waals surface area contributed by atoms with E-state index in [1.165, 1.54) is 12.1 Å². The third-order valence-electron chi connectivity index (χ3n) is 5.39. The Kier molecular flexibility index (Phi) is 6.35. The molecule has 32 heavy (non-hydrogen) atoms. The van der Waals surface area contributed by atoms with Gasteiger partial charge in [0.25, 0.3) is 5.91 Å². The Hall–Kier alpha value is -3.87. The van der Waals surface area contributed by atoms with Crippen molar-refractivity contribution in [1.29, 1.82) is 0 Å². The standard InChI is InChI=1S/C25H24FN3O3/c1-32-23-13-5-19(6-14-23)24(30)27-21-9-11-22(12-10-21)29-16-2-15-28(25(29)31)17-18-3-7-20(26)8-4-18/h3-14H,2,15-17H2,1H3,(H,27,30). The number of ether oxygens (including phenoxy) is 1. The van der Waals surface area contributed by atoms with Crippen LogP contribution in [0.15, 0.2) is 72.8 Å². The van der Waals surface area contributed by atoms with E-state index in [1.54, 1.807) is 65.4 Å². The van der Waals surface area contributed by atoms with Crippen LogP contribution in [0.1, 0.15) is 22.3 Å². The molecule has 1 saturated heterocycles. The summed E-state index contributed by atoms with van der Waals surface area (Å²) in [6.07, 6.45) is 0.836. The van der Waals surface area contributed by atoms with Gasteiger partial charge in [0, 0.05) is 36.6 Å². The van der Waals surface area contributed by atoms with Crippen molar-refractivity contribution in [2.24, 2.45) is 0 Å². The van der Waals surface area contributed by atoms with Gasteiger partial charge >= 0.3 is 6.03 Å². The number of hydrogen-bond acceptors (Lipinski definition) is 3. The average molecular weight is 433 g/mol. The van der Waals surface area contributed by atoms with Crippen LogP contribution in [0.4, 0.5) is 20.6 Å². The summed E-state index contributed by atoms with van der Waals surface area (Å²) in [6.45, 7) is 1.71. The molecule has 3 aromatic rings. The Morgan fingerprint density at radius 3 is 2.31 bits per heavy atom. The zero-order valence-electron chi connectivity index (χ0n) is 17.8. The molecule has 0 spiro atoms. The molecule has 164 valence electrons. The van der Waals surface area contributed by atoms with E-state index >= 15 is 0 Å². The number of halogens is 1. The lowest BCUT2D eigenvalue weighted by molar-refractivity contribution is 0.102. The van der Waals surface area contributed by atoms with E-state index < -0.39 is 0 Å². The van der Waals surface area contributed by atoms with Crippen LogP contribution in [-0.4, -0.2) is 37.0 Å². The predicted molar refractivity (Wildman–Crippen MR) is 122 cm³/mol. The monoisotopic (exact) mass is 433 g/mol. The first-order valence-electron chi connectivity index (χ1n) is 10.4. The van der Waals surface area contributed by atoms with Crippen LogP contribution >= 0.6 is 0 Å². The fraction of sp³-hybridized carbons (Fsp3) is 0.200. The van der Waals surface area contributed by atoms with Crippen LogP contribution in [0.5, 0.6) is 5.75 Å². The van der Waals surface area contributed by atoms with Gasteiger partial charge in [-0.3, -0.25) is 9.69 Å². The van der Waals surface area contributed by atoms with Gasteiger partial charge < -0.3 is 15.0 Å². The predicted octanol–water partition coefficient (Wildman–Crippen LogP) is 4.92. The van der Waals surface area contributed by atoms with E-state index in [4.69, 9.17) is 4.74 Å². The molecule has 0 aliphatic carbocycles. The van der Waals surface area contributed by atoms with Crippen molar-refractivity contribution in [3.8, 4) is 5.75 Å². The number of methoxy groups -OCH3 is 1. The van der Waals surface area contributed by atoms with Crippen LogP contribution in [0.3, 0.4) is 0 Å². The molecule has 0 radical (unpaired) electrons. The van der Waals surface area contributed by atoms with Crippen LogP contribution in [0.25, 0.3) is 0 Å². The largest absolute Gasteiger partial charge is 0.497 e. The smallest absolute Gasteiger partial charge is 0.324 e. The summed E-state index contributed by atoms with van der Waals surface area (Å²) in [4.78, 5) is 28.9. The fourth-order valence-electron chi connectivity index (χ4n) is 3.65. The lowest BCUT2D eigenvalue weighted by Crippen LogP contribution is -2.49. The summed E-state index contributed by atoms with van der Waals surface area (Å²) in [5.41, 5.74) is 2.82. The third-order valence-corrected chi connectivity index (χ3v) is 5.39. The Bertz CT molecular complexity index is 1080. The molecule has 0 unspecified atom stereocenters. The molecule has 1 aliphatic heterocycles. The van der Waals surface area contributed by atoms with Gasteiger partial charge in [-0.25, -0.2) is 9.18 Å². The SMILES string of the molecule is COc1ccc(C(=O)Nc2ccc(N3CCCN(Cc4ccc(F)cc4)C3=O)cc2)cc1. The van der Waals surface area contributed by atoms with Crippen molar-refractivity contribution in [1.82, 2.24) is 4.90 Å². The normalized spacial score (nSPS) is 13.8. The van der Waals surface area contributed by atoms with Crippen molar-refractivity contribution in [3.05, 3.63) is 89.7 Å². The summed E-state index contributed by atoms with van der Waals surface area (Å²) in [5.74, 6) is 0.171. The molecule has 4 rings (SSSR count). The number of hydrogen-bond donors (Lipinski definition) is 1. The maximum atomic E-state index is 13.1. The second kappa shape index (κ2) is 9.51. The molecule has 0 bridgehead atoms. The van der Waals surface area contributed by atoms with E-state index in [2.05, 4.69) is 5.32 Å². The molecule has 1 fully saturated rings. The van der Waals surface area contributed by atoms with Crippen molar-refractivity contribution in [3.63, 3.8) is 0 Å². The Morgan fingerprint density at radius 1 is 0.969 bits per heavy atom. The topological polar surface area (TPSA) is 61.9 Å². The molecule has 0 saturated carbocycles. The van der Waals surface area contributed by atoms with Gasteiger partial charge in [0.2, 0.25) is 0 Å².